The number of ether oxygens (including phenoxy) is 2. The van der Waals surface area contributed by atoms with Gasteiger partial charge in [-0.3, -0.25) is 4.79 Å². The van der Waals surface area contributed by atoms with Crippen LogP contribution in [0.25, 0.3) is 0 Å². The molecule has 5 nitrogen and oxygen atoms in total. The molecule has 24 heavy (non-hydrogen) atoms. The smallest absolute Gasteiger partial charge is 0.338 e. The molecule has 0 radical (unpaired) electrons. The van der Waals surface area contributed by atoms with Gasteiger partial charge in [0.15, 0.2) is 12.4 Å². The minimum atomic E-state index is -0.681. The fraction of sp³-hybridized carbons (Fsp3) is 0.118. The van der Waals surface area contributed by atoms with Gasteiger partial charge in [-0.15, -0.1) is 0 Å². The van der Waals surface area contributed by atoms with Gasteiger partial charge in [0.25, 0.3) is 0 Å². The Labute approximate surface area is 148 Å². The van der Waals surface area contributed by atoms with Gasteiger partial charge in [0.1, 0.15) is 0 Å². The minimum absolute atomic E-state index is 0.213. The molecule has 0 aromatic heterocycles. The zero-order chi connectivity index (χ0) is 17.7. The second-order valence-electron chi connectivity index (χ2n) is 4.70. The van der Waals surface area contributed by atoms with Gasteiger partial charge in [0.2, 0.25) is 0 Å². The van der Waals surface area contributed by atoms with Crippen molar-refractivity contribution >= 4 is 40.9 Å². The fourth-order valence-corrected chi connectivity index (χ4v) is 2.13. The summed E-state index contributed by atoms with van der Waals surface area (Å²) in [5.41, 5.74) is 0.809. The van der Waals surface area contributed by atoms with Gasteiger partial charge < -0.3 is 9.47 Å². The van der Waals surface area contributed by atoms with Crippen LogP contribution in [-0.4, -0.2) is 31.4 Å². The number of hydrogen-bond donors (Lipinski definition) is 0. The van der Waals surface area contributed by atoms with Crippen molar-refractivity contribution in [2.24, 2.45) is 0 Å². The Hall–Kier alpha value is -2.37. The third-order valence-electron chi connectivity index (χ3n) is 3.12. The molecule has 0 aliphatic rings. The first-order valence-electron chi connectivity index (χ1n) is 6.76. The van der Waals surface area contributed by atoms with E-state index in [9.17, 15) is 14.4 Å². The highest BCUT2D eigenvalue weighted by Crippen LogP contribution is 2.22. The number of benzene rings is 2. The van der Waals surface area contributed by atoms with Crippen LogP contribution in [0, 0.1) is 0 Å². The summed E-state index contributed by atoms with van der Waals surface area (Å²) in [4.78, 5) is 35.2. The Bertz CT molecular complexity index is 784. The summed E-state index contributed by atoms with van der Waals surface area (Å²) in [7, 11) is 1.26. The molecule has 2 aromatic carbocycles. The number of esters is 2. The van der Waals surface area contributed by atoms with Gasteiger partial charge in [-0.05, 0) is 42.5 Å². The maximum absolute atomic E-state index is 12.0. The molecule has 124 valence electrons. The van der Waals surface area contributed by atoms with E-state index in [1.807, 2.05) is 0 Å². The average molecular weight is 367 g/mol. The number of carbonyl (C=O) groups is 3. The van der Waals surface area contributed by atoms with E-state index in [4.69, 9.17) is 27.9 Å². The molecule has 0 amide bonds. The Morgan fingerprint density at radius 2 is 1.38 bits per heavy atom. The Kier molecular flexibility index (Phi) is 5.95. The molecular formula is C17H12Cl2O5. The van der Waals surface area contributed by atoms with Crippen LogP contribution in [0.3, 0.4) is 0 Å². The van der Waals surface area contributed by atoms with Crippen LogP contribution >= 0.6 is 23.2 Å². The largest absolute Gasteiger partial charge is 0.465 e. The van der Waals surface area contributed by atoms with Crippen LogP contribution in [0.5, 0.6) is 0 Å². The van der Waals surface area contributed by atoms with E-state index in [-0.39, 0.29) is 10.6 Å². The molecule has 0 aliphatic carbocycles. The first kappa shape index (κ1) is 18.0. The Morgan fingerprint density at radius 3 is 1.92 bits per heavy atom. The number of rotatable bonds is 5. The van der Waals surface area contributed by atoms with E-state index in [2.05, 4.69) is 4.74 Å². The lowest BCUT2D eigenvalue weighted by Gasteiger charge is -2.06. The van der Waals surface area contributed by atoms with Gasteiger partial charge >= 0.3 is 11.9 Å². The molecule has 0 spiro atoms. The van der Waals surface area contributed by atoms with Crippen LogP contribution in [0.4, 0.5) is 0 Å². The first-order chi connectivity index (χ1) is 11.4. The topological polar surface area (TPSA) is 69.7 Å². The third-order valence-corrected chi connectivity index (χ3v) is 3.86. The first-order valence-corrected chi connectivity index (χ1v) is 7.51. The van der Waals surface area contributed by atoms with Gasteiger partial charge in [-0.25, -0.2) is 9.59 Å². The minimum Gasteiger partial charge on any atom is -0.465 e. The number of carbonyl (C=O) groups excluding carboxylic acids is 3. The van der Waals surface area contributed by atoms with Crippen LogP contribution in [0.15, 0.2) is 42.5 Å². The highest BCUT2D eigenvalue weighted by Gasteiger charge is 2.14. The Morgan fingerprint density at radius 1 is 0.833 bits per heavy atom. The summed E-state index contributed by atoms with van der Waals surface area (Å²) in [5, 5.41) is 0.572. The summed E-state index contributed by atoms with van der Waals surface area (Å²) in [6, 6.07) is 10.1. The van der Waals surface area contributed by atoms with Gasteiger partial charge in [0, 0.05) is 5.56 Å². The summed E-state index contributed by atoms with van der Waals surface area (Å²) in [6.45, 7) is -0.435. The van der Waals surface area contributed by atoms with Gasteiger partial charge in [-0.1, -0.05) is 23.2 Å². The Balaban J connectivity index is 1.98. The SMILES string of the molecule is COC(=O)c1ccc(C(=O)OCC(=O)c2ccc(Cl)c(Cl)c2)cc1. The van der Waals surface area contributed by atoms with E-state index >= 15 is 0 Å². The van der Waals surface area contributed by atoms with Crippen molar-refractivity contribution in [1.29, 1.82) is 0 Å². The molecule has 0 unspecified atom stereocenters. The van der Waals surface area contributed by atoms with Gasteiger partial charge in [-0.2, -0.15) is 0 Å². The number of hydrogen-bond acceptors (Lipinski definition) is 5. The van der Waals surface area contributed by atoms with Crippen molar-refractivity contribution in [2.75, 3.05) is 13.7 Å². The number of methoxy groups -OCH3 is 1. The van der Waals surface area contributed by atoms with Gasteiger partial charge in [0.05, 0.1) is 28.3 Å². The highest BCUT2D eigenvalue weighted by molar-refractivity contribution is 6.42. The molecule has 0 saturated carbocycles. The summed E-state index contributed by atoms with van der Waals surface area (Å²) in [6.07, 6.45) is 0. The van der Waals surface area contributed by atoms with Crippen molar-refractivity contribution in [3.05, 3.63) is 69.2 Å². The molecule has 0 fully saturated rings. The summed E-state index contributed by atoms with van der Waals surface area (Å²) >= 11 is 11.6. The van der Waals surface area contributed by atoms with E-state index in [0.29, 0.717) is 16.1 Å². The monoisotopic (exact) mass is 366 g/mol. The second-order valence-corrected chi connectivity index (χ2v) is 5.51. The number of ketones is 1. The lowest BCUT2D eigenvalue weighted by atomic mass is 10.1. The molecular weight excluding hydrogens is 355 g/mol. The molecule has 0 N–H and O–H groups in total. The summed E-state index contributed by atoms with van der Waals surface area (Å²) in [5.74, 6) is -1.60. The molecule has 7 heteroatoms. The molecule has 0 saturated heterocycles. The fourth-order valence-electron chi connectivity index (χ4n) is 1.83. The van der Waals surface area contributed by atoms with E-state index in [0.717, 1.165) is 0 Å². The maximum Gasteiger partial charge on any atom is 0.338 e. The van der Waals surface area contributed by atoms with E-state index < -0.39 is 24.3 Å². The third kappa shape index (κ3) is 4.34. The average Bonchev–Trinajstić information content (AvgIpc) is 2.61. The van der Waals surface area contributed by atoms with E-state index in [1.54, 1.807) is 0 Å². The molecule has 0 atom stereocenters. The van der Waals surface area contributed by atoms with Crippen LogP contribution in [-0.2, 0) is 9.47 Å². The lowest BCUT2D eigenvalue weighted by Crippen LogP contribution is -2.14. The van der Waals surface area contributed by atoms with Crippen LogP contribution < -0.4 is 0 Å². The molecule has 0 bridgehead atoms. The normalized spacial score (nSPS) is 10.1. The van der Waals surface area contributed by atoms with Crippen molar-refractivity contribution in [3.8, 4) is 0 Å². The maximum atomic E-state index is 12.0. The number of Topliss-reactive ketones (excluding diaryl/α,β-unsaturated/α-hetero) is 1. The van der Waals surface area contributed by atoms with Crippen molar-refractivity contribution in [2.45, 2.75) is 0 Å². The highest BCUT2D eigenvalue weighted by atomic mass is 35.5. The van der Waals surface area contributed by atoms with Crippen molar-refractivity contribution < 1.29 is 23.9 Å². The summed E-state index contributed by atoms with van der Waals surface area (Å²) < 4.78 is 9.52. The lowest BCUT2D eigenvalue weighted by molar-refractivity contribution is 0.0474. The van der Waals surface area contributed by atoms with E-state index in [1.165, 1.54) is 49.6 Å². The standard InChI is InChI=1S/C17H12Cl2O5/c1-23-16(21)10-2-4-11(5-3-10)17(22)24-9-15(20)12-6-7-13(18)14(19)8-12/h2-8H,9H2,1H3. The molecule has 2 rings (SSSR count). The number of halogens is 2. The van der Waals surface area contributed by atoms with Crippen LogP contribution in [0.2, 0.25) is 10.0 Å². The zero-order valence-corrected chi connectivity index (χ0v) is 14.1. The zero-order valence-electron chi connectivity index (χ0n) is 12.5. The second kappa shape index (κ2) is 7.95. The predicted molar refractivity (Wildman–Crippen MR) is 88.9 cm³/mol. The molecule has 0 aliphatic heterocycles. The van der Waals surface area contributed by atoms with Crippen molar-refractivity contribution in [3.63, 3.8) is 0 Å². The quantitative estimate of drug-likeness (QED) is 0.594. The predicted octanol–water partition coefficient (Wildman–Crippen LogP) is 3.82. The molecule has 2 aromatic rings. The van der Waals surface area contributed by atoms with Crippen molar-refractivity contribution in [1.82, 2.24) is 0 Å². The molecule has 0 heterocycles. The van der Waals surface area contributed by atoms with Crippen LogP contribution in [0.1, 0.15) is 31.1 Å².